The standard InChI is InChI=1S/C34H45N15O16P2/c1-12-15(62-31(20(12)57-3)48-10-41-18-26(48)43-33(36)45-28(18)51)6-59-67(55,56)65-22-14(5-50)30(47-9-40-17-24(35)38-8-39-25(17)47)63-16(22)7-60-66(53,54)64-21-13(2)61-32(23(21)58-4)49-11-42-19-27(49)44-34(37)46-29(19)52/h8-16,20-23,30-32,50H,5-7H2,1-4H3,(H,53,54)(H,55,56)(H2,35,38,39)(H3,36,43,45,51)(H3,37,44,46,52)/t12-,13+,14?,15+,16+,20?,21-,22+,23?,30+,31+,32+/m0/s1. The number of imidazole rings is 3. The van der Waals surface area contributed by atoms with Crippen LogP contribution in [0.1, 0.15) is 32.5 Å². The fraction of sp³-hybridized carbons (Fsp3) is 0.559. The fourth-order valence-electron chi connectivity index (χ4n) is 8.58. The lowest BCUT2D eigenvalue weighted by Gasteiger charge is -2.27. The van der Waals surface area contributed by atoms with Crippen molar-refractivity contribution in [3.63, 3.8) is 0 Å². The van der Waals surface area contributed by atoms with Gasteiger partial charge in [0.05, 0.1) is 56.9 Å². The number of nitrogens with one attached hydrogen (secondary N) is 2. The molecule has 0 saturated carbocycles. The first kappa shape index (κ1) is 46.7. The van der Waals surface area contributed by atoms with Crippen molar-refractivity contribution in [1.29, 1.82) is 0 Å². The molecule has 3 saturated heterocycles. The van der Waals surface area contributed by atoms with Crippen molar-refractivity contribution in [2.75, 3.05) is 51.2 Å². The quantitative estimate of drug-likeness (QED) is 0.0530. The number of nitrogens with zero attached hydrogens (tertiary/aromatic N) is 10. The number of aliphatic hydroxyl groups excluding tert-OH is 1. The smallest absolute Gasteiger partial charge is 0.396 e. The van der Waals surface area contributed by atoms with Crippen LogP contribution in [0.2, 0.25) is 0 Å². The van der Waals surface area contributed by atoms with Gasteiger partial charge in [-0.05, 0) is 6.92 Å². The number of hydrogen-bond donors (Lipinski definition) is 8. The van der Waals surface area contributed by atoms with Gasteiger partial charge in [-0.15, -0.1) is 0 Å². The predicted octanol–water partition coefficient (Wildman–Crippen LogP) is -1.17. The van der Waals surface area contributed by atoms with Gasteiger partial charge < -0.3 is 55.8 Å². The Morgan fingerprint density at radius 3 is 1.75 bits per heavy atom. The van der Waals surface area contributed by atoms with E-state index in [0.29, 0.717) is 0 Å². The third-order valence-electron chi connectivity index (χ3n) is 11.8. The fourth-order valence-corrected chi connectivity index (χ4v) is 10.6. The zero-order valence-corrected chi connectivity index (χ0v) is 37.4. The van der Waals surface area contributed by atoms with E-state index in [1.807, 2.05) is 0 Å². The summed E-state index contributed by atoms with van der Waals surface area (Å²) in [7, 11) is -7.56. The molecule has 0 amide bonds. The first-order valence-corrected chi connectivity index (χ1v) is 23.2. The maximum atomic E-state index is 13.9. The van der Waals surface area contributed by atoms with Crippen LogP contribution >= 0.6 is 15.6 Å². The highest BCUT2D eigenvalue weighted by Gasteiger charge is 2.53. The molecule has 67 heavy (non-hydrogen) atoms. The molecular formula is C34H45N15O16P2. The summed E-state index contributed by atoms with van der Waals surface area (Å²) in [6, 6.07) is 0. The Balaban J connectivity index is 0.933. The molecule has 31 nitrogen and oxygen atoms in total. The van der Waals surface area contributed by atoms with Crippen molar-refractivity contribution in [3.05, 3.63) is 46.0 Å². The maximum absolute atomic E-state index is 13.9. The number of fused-ring (bicyclic) bond motifs is 3. The van der Waals surface area contributed by atoms with Crippen molar-refractivity contribution in [3.8, 4) is 0 Å². The number of aromatic nitrogens is 12. The van der Waals surface area contributed by atoms with E-state index in [9.17, 15) is 33.6 Å². The molecule has 3 fully saturated rings. The summed E-state index contributed by atoms with van der Waals surface area (Å²) in [5.41, 5.74) is 16.8. The number of H-pyrrole nitrogens is 2. The number of phosphoric ester groups is 2. The van der Waals surface area contributed by atoms with Gasteiger partial charge in [0.2, 0.25) is 11.9 Å². The molecule has 33 heteroatoms. The monoisotopic (exact) mass is 981 g/mol. The number of methoxy groups -OCH3 is 2. The molecule has 0 aromatic carbocycles. The molecule has 0 aliphatic carbocycles. The van der Waals surface area contributed by atoms with Crippen LogP contribution in [0.5, 0.6) is 0 Å². The lowest BCUT2D eigenvalue weighted by Crippen LogP contribution is -2.36. The van der Waals surface area contributed by atoms with Gasteiger partial charge in [-0.25, -0.2) is 34.0 Å². The van der Waals surface area contributed by atoms with E-state index in [1.54, 1.807) is 6.92 Å². The van der Waals surface area contributed by atoms with E-state index >= 15 is 0 Å². The second kappa shape index (κ2) is 17.9. The third-order valence-corrected chi connectivity index (χ3v) is 13.7. The average molecular weight is 982 g/mol. The molecule has 5 unspecified atom stereocenters. The minimum atomic E-state index is -5.16. The molecule has 0 radical (unpaired) electrons. The van der Waals surface area contributed by atoms with Crippen molar-refractivity contribution in [2.24, 2.45) is 11.8 Å². The van der Waals surface area contributed by atoms with E-state index in [4.69, 9.17) is 59.0 Å². The normalized spacial score (nSPS) is 30.7. The second-order valence-corrected chi connectivity index (χ2v) is 18.6. The molecule has 3 aliphatic rings. The van der Waals surface area contributed by atoms with Crippen LogP contribution in [0, 0.1) is 11.8 Å². The van der Waals surface area contributed by atoms with Crippen molar-refractivity contribution in [1.82, 2.24) is 58.6 Å². The number of aromatic amines is 2. The highest BCUT2D eigenvalue weighted by Crippen LogP contribution is 2.54. The lowest BCUT2D eigenvalue weighted by molar-refractivity contribution is -0.0635. The van der Waals surface area contributed by atoms with Crippen molar-refractivity contribution < 1.29 is 65.8 Å². The molecule has 0 spiro atoms. The number of rotatable bonds is 16. The molecule has 9 rings (SSSR count). The maximum Gasteiger partial charge on any atom is 0.472 e. The highest BCUT2D eigenvalue weighted by atomic mass is 31.2. The minimum Gasteiger partial charge on any atom is -0.396 e. The summed E-state index contributed by atoms with van der Waals surface area (Å²) in [5, 5.41) is 10.8. The van der Waals surface area contributed by atoms with Gasteiger partial charge in [0.1, 0.15) is 48.6 Å². The Labute approximate surface area is 375 Å². The van der Waals surface area contributed by atoms with Crippen LogP contribution in [0.15, 0.2) is 34.9 Å². The molecule has 362 valence electrons. The number of nitrogens with two attached hydrogens (primary N) is 3. The molecule has 14 atom stereocenters. The third kappa shape index (κ3) is 8.60. The van der Waals surface area contributed by atoms with Crippen molar-refractivity contribution >= 4 is 66.9 Å². The number of aliphatic hydroxyl groups is 1. The molecular weight excluding hydrogens is 936 g/mol. The number of anilines is 3. The Hall–Kier alpha value is -5.37. The minimum absolute atomic E-state index is 0.00998. The van der Waals surface area contributed by atoms with Gasteiger partial charge in [0, 0.05) is 20.1 Å². The largest absolute Gasteiger partial charge is 0.472 e. The Bertz CT molecular complexity index is 3020. The number of nitrogen functional groups attached to an aromatic ring is 3. The van der Waals surface area contributed by atoms with E-state index < -0.39 is 120 Å². The Kier molecular flexibility index (Phi) is 12.5. The van der Waals surface area contributed by atoms with Crippen LogP contribution in [0.3, 0.4) is 0 Å². The van der Waals surface area contributed by atoms with Crippen LogP contribution in [-0.2, 0) is 50.9 Å². The van der Waals surface area contributed by atoms with Crippen LogP contribution in [0.25, 0.3) is 33.5 Å². The first-order chi connectivity index (χ1) is 31.9. The zero-order valence-electron chi connectivity index (χ0n) is 35.6. The predicted molar refractivity (Wildman–Crippen MR) is 225 cm³/mol. The molecule has 6 aromatic heterocycles. The van der Waals surface area contributed by atoms with Crippen LogP contribution in [-0.4, -0.2) is 150 Å². The van der Waals surface area contributed by atoms with Crippen LogP contribution in [0.4, 0.5) is 17.7 Å². The Morgan fingerprint density at radius 1 is 0.672 bits per heavy atom. The summed E-state index contributed by atoms with van der Waals surface area (Å²) >= 11 is 0. The van der Waals surface area contributed by atoms with E-state index in [2.05, 4.69) is 44.9 Å². The second-order valence-electron chi connectivity index (χ2n) is 15.8. The molecule has 9 heterocycles. The van der Waals surface area contributed by atoms with Crippen LogP contribution < -0.4 is 28.3 Å². The number of hydrogen-bond acceptors (Lipinski definition) is 24. The van der Waals surface area contributed by atoms with E-state index in [1.165, 1.54) is 60.2 Å². The van der Waals surface area contributed by atoms with Gasteiger partial charge in [-0.3, -0.25) is 51.4 Å². The zero-order chi connectivity index (χ0) is 47.7. The number of ether oxygens (including phenoxy) is 5. The molecule has 0 bridgehead atoms. The van der Waals surface area contributed by atoms with Gasteiger partial charge in [0.25, 0.3) is 11.1 Å². The van der Waals surface area contributed by atoms with E-state index in [-0.39, 0.29) is 51.2 Å². The highest BCUT2D eigenvalue weighted by molar-refractivity contribution is 7.47. The molecule has 3 aliphatic heterocycles. The van der Waals surface area contributed by atoms with Crippen molar-refractivity contribution in [2.45, 2.75) is 75.3 Å². The van der Waals surface area contributed by atoms with E-state index in [0.717, 1.165) is 0 Å². The van der Waals surface area contributed by atoms with Gasteiger partial charge in [0.15, 0.2) is 46.2 Å². The topological polar surface area (TPSA) is 427 Å². The molecule has 6 aromatic rings. The first-order valence-electron chi connectivity index (χ1n) is 20.2. The average Bonchev–Trinajstić information content (AvgIpc) is 4.13. The summed E-state index contributed by atoms with van der Waals surface area (Å²) in [6.07, 6.45) is -6.27. The summed E-state index contributed by atoms with van der Waals surface area (Å²) in [5.74, 6) is -2.05. The molecule has 11 N–H and O–H groups in total. The number of phosphoric acid groups is 2. The lowest BCUT2D eigenvalue weighted by atomic mass is 10.0. The summed E-state index contributed by atoms with van der Waals surface area (Å²) < 4.78 is 84.1. The van der Waals surface area contributed by atoms with Gasteiger partial charge >= 0.3 is 15.6 Å². The SMILES string of the molecule is COC1[C@@H](C)[C@@H](COP(=O)(O)O[C@@H]2C(CO)[C@H](n3cnc4c(N)ncnc43)O[C@@H]2COP(=O)(O)O[C@@H]2C(OC)[C@H](n3cnc4c(=O)[nH]c(N)nc43)O[C@@H]2C)O[C@H]1n1cnc2c(=O)[nH]c(N)nc21. The van der Waals surface area contributed by atoms with Gasteiger partial charge in [-0.2, -0.15) is 9.97 Å². The van der Waals surface area contributed by atoms with Gasteiger partial charge in [-0.1, -0.05) is 6.92 Å². The summed E-state index contributed by atoms with van der Waals surface area (Å²) in [4.78, 5) is 81.0. The Morgan fingerprint density at radius 2 is 1.18 bits per heavy atom. The summed E-state index contributed by atoms with van der Waals surface area (Å²) in [6.45, 7) is 1.15.